The van der Waals surface area contributed by atoms with E-state index in [1.54, 1.807) is 24.3 Å². The van der Waals surface area contributed by atoms with Crippen LogP contribution in [0.2, 0.25) is 0 Å². The molecule has 130 valence electrons. The van der Waals surface area contributed by atoms with Gasteiger partial charge in [-0.2, -0.15) is 8.78 Å². The molecule has 0 saturated carbocycles. The number of hydrogen-bond donors (Lipinski definition) is 1. The van der Waals surface area contributed by atoms with Crippen LogP contribution in [-0.2, 0) is 23.0 Å². The van der Waals surface area contributed by atoms with Crippen molar-refractivity contribution in [2.45, 2.75) is 31.4 Å². The maximum atomic E-state index is 12.5. The third-order valence-corrected chi connectivity index (χ3v) is 5.33. The normalized spacial score (nSPS) is 11.7. The number of alkyl halides is 2. The molecule has 0 aliphatic carbocycles. The summed E-state index contributed by atoms with van der Waals surface area (Å²) in [5, 5.41) is 0. The average molecular weight is 420 g/mol. The number of para-hydroxylation sites is 1. The summed E-state index contributed by atoms with van der Waals surface area (Å²) in [7, 11) is -3.78. The Morgan fingerprint density at radius 3 is 2.54 bits per heavy atom. The second-order valence-corrected chi connectivity index (χ2v) is 7.57. The highest BCUT2D eigenvalue weighted by molar-refractivity contribution is 9.10. The van der Waals surface area contributed by atoms with Crippen molar-refractivity contribution < 1.29 is 21.9 Å². The molecule has 0 radical (unpaired) electrons. The first-order valence-electron chi connectivity index (χ1n) is 7.14. The highest BCUT2D eigenvalue weighted by atomic mass is 79.9. The number of halogens is 3. The third-order valence-electron chi connectivity index (χ3n) is 3.33. The summed E-state index contributed by atoms with van der Waals surface area (Å²) in [5.74, 6) is -0.0540. The molecule has 0 amide bonds. The summed E-state index contributed by atoms with van der Waals surface area (Å²) in [4.78, 5) is 0.167. The third kappa shape index (κ3) is 4.75. The van der Waals surface area contributed by atoms with E-state index in [4.69, 9.17) is 0 Å². The van der Waals surface area contributed by atoms with E-state index in [-0.39, 0.29) is 17.2 Å². The lowest BCUT2D eigenvalue weighted by Crippen LogP contribution is -2.24. The molecule has 4 nitrogen and oxygen atoms in total. The van der Waals surface area contributed by atoms with Gasteiger partial charge in [0.1, 0.15) is 5.75 Å². The highest BCUT2D eigenvalue weighted by Gasteiger charge is 2.19. The van der Waals surface area contributed by atoms with Crippen LogP contribution in [0.1, 0.15) is 18.1 Å². The Bertz CT molecular complexity index is 813. The van der Waals surface area contributed by atoms with Gasteiger partial charge in [-0.25, -0.2) is 13.1 Å². The van der Waals surface area contributed by atoms with Crippen LogP contribution in [0.5, 0.6) is 5.75 Å². The van der Waals surface area contributed by atoms with Crippen LogP contribution in [0.3, 0.4) is 0 Å². The fraction of sp³-hybridized carbons (Fsp3) is 0.250. The van der Waals surface area contributed by atoms with Crippen molar-refractivity contribution in [1.82, 2.24) is 4.72 Å². The van der Waals surface area contributed by atoms with Gasteiger partial charge in [0.05, 0.1) is 4.90 Å². The fourth-order valence-electron chi connectivity index (χ4n) is 2.20. The van der Waals surface area contributed by atoms with Crippen LogP contribution in [0.25, 0.3) is 0 Å². The first-order valence-corrected chi connectivity index (χ1v) is 9.42. The zero-order chi connectivity index (χ0) is 17.7. The molecule has 2 aromatic rings. The van der Waals surface area contributed by atoms with Crippen LogP contribution in [0.15, 0.2) is 51.8 Å². The van der Waals surface area contributed by atoms with E-state index < -0.39 is 16.6 Å². The standard InChI is InChI=1S/C16H16BrF2NO3S/c1-2-11-9-13(17)7-8-15(11)24(21,22)20-10-12-5-3-4-6-14(12)23-16(18)19/h3-9,16,20H,2,10H2,1H3. The minimum absolute atomic E-state index is 0.0540. The number of aryl methyl sites for hydroxylation is 1. The van der Waals surface area contributed by atoms with E-state index in [0.717, 1.165) is 4.47 Å². The molecule has 0 heterocycles. The van der Waals surface area contributed by atoms with Crippen molar-refractivity contribution >= 4 is 26.0 Å². The first kappa shape index (κ1) is 18.8. The molecule has 0 saturated heterocycles. The van der Waals surface area contributed by atoms with E-state index in [1.165, 1.54) is 18.2 Å². The molecule has 0 atom stereocenters. The quantitative estimate of drug-likeness (QED) is 0.734. The predicted octanol–water partition coefficient (Wildman–Crippen LogP) is 4.09. The van der Waals surface area contributed by atoms with Gasteiger partial charge in [0.15, 0.2) is 0 Å². The molecular formula is C16H16BrF2NO3S. The van der Waals surface area contributed by atoms with Crippen molar-refractivity contribution in [2.75, 3.05) is 0 Å². The van der Waals surface area contributed by atoms with Crippen LogP contribution < -0.4 is 9.46 Å². The van der Waals surface area contributed by atoms with E-state index in [1.807, 2.05) is 6.92 Å². The van der Waals surface area contributed by atoms with Crippen molar-refractivity contribution in [2.24, 2.45) is 0 Å². The largest absolute Gasteiger partial charge is 0.434 e. The molecule has 8 heteroatoms. The van der Waals surface area contributed by atoms with E-state index in [9.17, 15) is 17.2 Å². The van der Waals surface area contributed by atoms with Crippen molar-refractivity contribution in [3.8, 4) is 5.75 Å². The van der Waals surface area contributed by atoms with Crippen LogP contribution in [-0.4, -0.2) is 15.0 Å². The number of sulfonamides is 1. The first-order chi connectivity index (χ1) is 11.3. The summed E-state index contributed by atoms with van der Waals surface area (Å²) < 4.78 is 57.5. The lowest BCUT2D eigenvalue weighted by Gasteiger charge is -2.13. The molecule has 0 aromatic heterocycles. The van der Waals surface area contributed by atoms with E-state index >= 15 is 0 Å². The molecule has 2 rings (SSSR count). The number of hydrogen-bond acceptors (Lipinski definition) is 3. The van der Waals surface area contributed by atoms with E-state index in [0.29, 0.717) is 17.5 Å². The molecule has 0 bridgehead atoms. The molecule has 0 unspecified atom stereocenters. The average Bonchev–Trinajstić information content (AvgIpc) is 2.53. The SMILES string of the molecule is CCc1cc(Br)ccc1S(=O)(=O)NCc1ccccc1OC(F)F. The summed E-state index contributed by atoms with van der Waals surface area (Å²) in [6.07, 6.45) is 0.542. The van der Waals surface area contributed by atoms with Gasteiger partial charge in [0.2, 0.25) is 10.0 Å². The Morgan fingerprint density at radius 2 is 1.88 bits per heavy atom. The topological polar surface area (TPSA) is 55.4 Å². The van der Waals surface area contributed by atoms with Crippen LogP contribution in [0.4, 0.5) is 8.78 Å². The highest BCUT2D eigenvalue weighted by Crippen LogP contribution is 2.23. The Morgan fingerprint density at radius 1 is 1.17 bits per heavy atom. The maximum absolute atomic E-state index is 12.5. The minimum atomic E-state index is -3.78. The van der Waals surface area contributed by atoms with E-state index in [2.05, 4.69) is 25.4 Å². The number of ether oxygens (including phenoxy) is 1. The lowest BCUT2D eigenvalue weighted by atomic mass is 10.2. The van der Waals surface area contributed by atoms with Crippen LogP contribution >= 0.6 is 15.9 Å². The van der Waals surface area contributed by atoms with Crippen molar-refractivity contribution in [3.63, 3.8) is 0 Å². The lowest BCUT2D eigenvalue weighted by molar-refractivity contribution is -0.0504. The number of rotatable bonds is 7. The maximum Gasteiger partial charge on any atom is 0.387 e. The molecule has 0 spiro atoms. The van der Waals surface area contributed by atoms with Crippen molar-refractivity contribution in [3.05, 3.63) is 58.1 Å². The molecular weight excluding hydrogens is 404 g/mol. The molecule has 24 heavy (non-hydrogen) atoms. The predicted molar refractivity (Wildman–Crippen MR) is 90.6 cm³/mol. The molecule has 1 N–H and O–H groups in total. The van der Waals surface area contributed by atoms with Gasteiger partial charge in [-0.3, -0.25) is 0 Å². The summed E-state index contributed by atoms with van der Waals surface area (Å²) >= 11 is 3.31. The summed E-state index contributed by atoms with van der Waals surface area (Å²) in [5.41, 5.74) is 0.991. The van der Waals surface area contributed by atoms with Crippen LogP contribution in [0, 0.1) is 0 Å². The molecule has 2 aromatic carbocycles. The van der Waals surface area contributed by atoms with Gasteiger partial charge in [-0.1, -0.05) is 41.1 Å². The molecule has 0 aliphatic heterocycles. The van der Waals surface area contributed by atoms with Gasteiger partial charge in [0, 0.05) is 16.6 Å². The summed E-state index contributed by atoms with van der Waals surface area (Å²) in [6.45, 7) is -1.27. The van der Waals surface area contributed by atoms with Gasteiger partial charge >= 0.3 is 6.61 Å². The smallest absolute Gasteiger partial charge is 0.387 e. The summed E-state index contributed by atoms with van der Waals surface area (Å²) in [6, 6.07) is 10.9. The van der Waals surface area contributed by atoms with Crippen molar-refractivity contribution in [1.29, 1.82) is 0 Å². The Kier molecular flexibility index (Phi) is 6.31. The van der Waals surface area contributed by atoms with Gasteiger partial charge in [-0.05, 0) is 36.2 Å². The molecule has 0 aliphatic rings. The second-order valence-electron chi connectivity index (χ2n) is 4.92. The van der Waals surface area contributed by atoms with Gasteiger partial charge in [0.25, 0.3) is 0 Å². The fourth-order valence-corrected chi connectivity index (χ4v) is 3.90. The number of nitrogens with one attached hydrogen (secondary N) is 1. The molecule has 0 fully saturated rings. The van der Waals surface area contributed by atoms with Gasteiger partial charge < -0.3 is 4.74 Å². The second kappa shape index (κ2) is 8.04. The Labute approximate surface area is 148 Å². The monoisotopic (exact) mass is 419 g/mol. The number of benzene rings is 2. The minimum Gasteiger partial charge on any atom is -0.434 e. The zero-order valence-electron chi connectivity index (χ0n) is 12.8. The van der Waals surface area contributed by atoms with Gasteiger partial charge in [-0.15, -0.1) is 0 Å². The Balaban J connectivity index is 2.23. The zero-order valence-corrected chi connectivity index (χ0v) is 15.2. The Hall–Kier alpha value is -1.51.